The van der Waals surface area contributed by atoms with Gasteiger partial charge >= 0.3 is 6.18 Å². The lowest BCUT2D eigenvalue weighted by atomic mass is 9.95. The van der Waals surface area contributed by atoms with Gasteiger partial charge in [0.15, 0.2) is 21.5 Å². The largest absolute Gasteiger partial charge is 0.416 e. The molecule has 3 rings (SSSR count). The fraction of sp³-hybridized carbons (Fsp3) is 0.438. The summed E-state index contributed by atoms with van der Waals surface area (Å²) in [6.45, 7) is 0. The Bertz CT molecular complexity index is 1010. The fourth-order valence-electron chi connectivity index (χ4n) is 2.95. The number of ketones is 1. The van der Waals surface area contributed by atoms with Crippen molar-refractivity contribution in [2.45, 2.75) is 24.9 Å². The molecule has 2 atom stereocenters. The molecule has 1 aliphatic rings. The van der Waals surface area contributed by atoms with E-state index in [0.717, 1.165) is 23.5 Å². The molecule has 0 saturated carbocycles. The van der Waals surface area contributed by atoms with Gasteiger partial charge in [0.1, 0.15) is 5.01 Å². The fourth-order valence-corrected chi connectivity index (χ4v) is 5.82. The number of halogens is 3. The van der Waals surface area contributed by atoms with E-state index in [0.29, 0.717) is 11.1 Å². The molecular formula is C16H13F3N2O3S2. The van der Waals surface area contributed by atoms with Crippen molar-refractivity contribution in [1.29, 1.82) is 5.26 Å². The topological polar surface area (TPSA) is 87.9 Å². The molecule has 1 aromatic carbocycles. The van der Waals surface area contributed by atoms with Crippen LogP contribution in [-0.4, -0.2) is 30.7 Å². The normalized spacial score (nSPS) is 20.8. The van der Waals surface area contributed by atoms with Crippen molar-refractivity contribution < 1.29 is 26.4 Å². The molecule has 0 amide bonds. The highest BCUT2D eigenvalue weighted by atomic mass is 32.2. The molecule has 0 N–H and O–H groups in total. The highest BCUT2D eigenvalue weighted by Crippen LogP contribution is 2.35. The van der Waals surface area contributed by atoms with Crippen LogP contribution in [0.3, 0.4) is 0 Å². The van der Waals surface area contributed by atoms with Gasteiger partial charge in [0.2, 0.25) is 0 Å². The predicted octanol–water partition coefficient (Wildman–Crippen LogP) is 3.32. The molecule has 10 heteroatoms. The van der Waals surface area contributed by atoms with Gasteiger partial charge in [-0.3, -0.25) is 4.79 Å². The zero-order chi connectivity index (χ0) is 19.1. The number of nitriles is 1. The number of hydrogen-bond donors (Lipinski definition) is 0. The highest BCUT2D eigenvalue weighted by molar-refractivity contribution is 7.91. The van der Waals surface area contributed by atoms with Crippen molar-refractivity contribution in [3.63, 3.8) is 0 Å². The number of alkyl halides is 3. The number of hydrogen-bond acceptors (Lipinski definition) is 6. The third kappa shape index (κ3) is 3.88. The second kappa shape index (κ2) is 6.63. The predicted molar refractivity (Wildman–Crippen MR) is 89.4 cm³/mol. The van der Waals surface area contributed by atoms with Crippen molar-refractivity contribution in [3.8, 4) is 6.07 Å². The van der Waals surface area contributed by atoms with Crippen LogP contribution in [0.5, 0.6) is 0 Å². The maximum Gasteiger partial charge on any atom is 0.416 e. The number of aromatic nitrogens is 1. The van der Waals surface area contributed by atoms with Crippen LogP contribution in [0.1, 0.15) is 29.3 Å². The van der Waals surface area contributed by atoms with Crippen molar-refractivity contribution >= 4 is 37.2 Å². The van der Waals surface area contributed by atoms with Gasteiger partial charge in [0.25, 0.3) is 0 Å². The van der Waals surface area contributed by atoms with Crippen LogP contribution >= 0.6 is 11.3 Å². The summed E-state index contributed by atoms with van der Waals surface area (Å²) in [6, 6.07) is 4.93. The Morgan fingerprint density at radius 2 is 2.15 bits per heavy atom. The molecule has 1 saturated heterocycles. The van der Waals surface area contributed by atoms with E-state index in [4.69, 9.17) is 0 Å². The third-order valence-corrected chi connectivity index (χ3v) is 7.18. The molecule has 1 aliphatic heterocycles. The van der Waals surface area contributed by atoms with Gasteiger partial charge in [-0.05, 0) is 30.5 Å². The van der Waals surface area contributed by atoms with Crippen molar-refractivity contribution in [2.24, 2.45) is 5.92 Å². The molecule has 2 unspecified atom stereocenters. The minimum Gasteiger partial charge on any atom is -0.298 e. The Morgan fingerprint density at radius 1 is 1.42 bits per heavy atom. The lowest BCUT2D eigenvalue weighted by Gasteiger charge is -2.09. The molecule has 1 fully saturated rings. The maximum absolute atomic E-state index is 12.8. The second-order valence-electron chi connectivity index (χ2n) is 6.23. The van der Waals surface area contributed by atoms with Gasteiger partial charge in [-0.25, -0.2) is 13.4 Å². The Kier molecular flexibility index (Phi) is 4.79. The van der Waals surface area contributed by atoms with Crippen LogP contribution in [0.15, 0.2) is 18.2 Å². The summed E-state index contributed by atoms with van der Waals surface area (Å²) >= 11 is 0.995. The summed E-state index contributed by atoms with van der Waals surface area (Å²) in [5, 5.41) is 9.47. The zero-order valence-corrected chi connectivity index (χ0v) is 14.9. The quantitative estimate of drug-likeness (QED) is 0.783. The molecule has 138 valence electrons. The van der Waals surface area contributed by atoms with Gasteiger partial charge < -0.3 is 0 Å². The van der Waals surface area contributed by atoms with Crippen LogP contribution < -0.4 is 0 Å². The number of carbonyl (C=O) groups excluding carboxylic acids is 1. The molecule has 0 spiro atoms. The van der Waals surface area contributed by atoms with E-state index in [1.54, 1.807) is 0 Å². The van der Waals surface area contributed by atoms with Crippen LogP contribution in [-0.2, 0) is 20.8 Å². The monoisotopic (exact) mass is 402 g/mol. The Labute approximate surface area is 151 Å². The van der Waals surface area contributed by atoms with E-state index in [-0.39, 0.29) is 34.4 Å². The first kappa shape index (κ1) is 18.8. The average molecular weight is 402 g/mol. The van der Waals surface area contributed by atoms with Crippen molar-refractivity contribution in [1.82, 2.24) is 4.98 Å². The summed E-state index contributed by atoms with van der Waals surface area (Å²) in [4.78, 5) is 16.5. The van der Waals surface area contributed by atoms with Crippen molar-refractivity contribution in [2.75, 3.05) is 11.5 Å². The summed E-state index contributed by atoms with van der Waals surface area (Å²) in [5.41, 5.74) is -0.769. The van der Waals surface area contributed by atoms with E-state index < -0.39 is 33.3 Å². The molecule has 5 nitrogen and oxygen atoms in total. The number of rotatable bonds is 4. The standard InChI is InChI=1S/C16H13F3N2O3S2/c17-16(18,19)10-1-2-14-12(6-10)21-15(25-14)11(7-20)13(22)5-9-3-4-26(23,24)8-9/h1-2,6,9,11H,3-5,8H2. The minimum absolute atomic E-state index is 0.0313. The molecule has 0 radical (unpaired) electrons. The lowest BCUT2D eigenvalue weighted by Crippen LogP contribution is -2.16. The first-order valence-electron chi connectivity index (χ1n) is 7.69. The van der Waals surface area contributed by atoms with E-state index in [1.165, 1.54) is 6.07 Å². The number of carbonyl (C=O) groups is 1. The third-order valence-electron chi connectivity index (χ3n) is 4.25. The Hall–Kier alpha value is -1.99. The first-order valence-corrected chi connectivity index (χ1v) is 10.3. The van der Waals surface area contributed by atoms with Crippen LogP contribution in [0.2, 0.25) is 0 Å². The van der Waals surface area contributed by atoms with E-state index in [1.807, 2.05) is 6.07 Å². The first-order chi connectivity index (χ1) is 12.1. The summed E-state index contributed by atoms with van der Waals surface area (Å²) in [6.07, 6.45) is -4.18. The van der Waals surface area contributed by atoms with Gasteiger partial charge in [0, 0.05) is 6.42 Å². The smallest absolute Gasteiger partial charge is 0.298 e. The summed E-state index contributed by atoms with van der Waals surface area (Å²) in [7, 11) is -3.13. The molecule has 26 heavy (non-hydrogen) atoms. The molecule has 2 heterocycles. The number of Topliss-reactive ketones (excluding diaryl/α,β-unsaturated/α-hetero) is 1. The number of thiazole rings is 1. The molecule has 1 aromatic heterocycles. The Balaban J connectivity index is 1.83. The van der Waals surface area contributed by atoms with Crippen molar-refractivity contribution in [3.05, 3.63) is 28.8 Å². The summed E-state index contributed by atoms with van der Waals surface area (Å²) in [5.74, 6) is -2.03. The average Bonchev–Trinajstić information content (AvgIpc) is 3.09. The van der Waals surface area contributed by atoms with E-state index in [2.05, 4.69) is 4.98 Å². The van der Waals surface area contributed by atoms with E-state index in [9.17, 15) is 31.6 Å². The highest BCUT2D eigenvalue weighted by Gasteiger charge is 2.34. The number of fused-ring (bicyclic) bond motifs is 1. The molecule has 2 aromatic rings. The van der Waals surface area contributed by atoms with Gasteiger partial charge in [-0.1, -0.05) is 0 Å². The van der Waals surface area contributed by atoms with Gasteiger partial charge in [-0.2, -0.15) is 18.4 Å². The summed E-state index contributed by atoms with van der Waals surface area (Å²) < 4.78 is 61.8. The number of nitrogens with zero attached hydrogens (tertiary/aromatic N) is 2. The maximum atomic E-state index is 12.8. The van der Waals surface area contributed by atoms with Crippen LogP contribution in [0.25, 0.3) is 10.2 Å². The molecule has 0 bridgehead atoms. The van der Waals surface area contributed by atoms with Gasteiger partial charge in [0.05, 0.1) is 33.4 Å². The van der Waals surface area contributed by atoms with Gasteiger partial charge in [-0.15, -0.1) is 11.3 Å². The lowest BCUT2D eigenvalue weighted by molar-refractivity contribution is -0.137. The van der Waals surface area contributed by atoms with Crippen LogP contribution in [0.4, 0.5) is 13.2 Å². The SMILES string of the molecule is N#CC(C(=O)CC1CCS(=O)(=O)C1)c1nc2cc(C(F)(F)F)ccc2s1. The number of benzene rings is 1. The van der Waals surface area contributed by atoms with Crippen LogP contribution in [0, 0.1) is 17.2 Å². The molecular weight excluding hydrogens is 389 g/mol. The molecule has 0 aliphatic carbocycles. The minimum atomic E-state index is -4.50. The Morgan fingerprint density at radius 3 is 2.73 bits per heavy atom. The second-order valence-corrected chi connectivity index (χ2v) is 9.52. The van der Waals surface area contributed by atoms with E-state index >= 15 is 0 Å². The zero-order valence-electron chi connectivity index (χ0n) is 13.3. The number of sulfone groups is 1.